The van der Waals surface area contributed by atoms with Gasteiger partial charge in [-0.05, 0) is 62.2 Å². The molecule has 0 amide bonds. The minimum absolute atomic E-state index is 0.222. The van der Waals surface area contributed by atoms with Gasteiger partial charge >= 0.3 is 0 Å². The molecular weight excluding hydrogens is 509 g/mol. The second-order valence-corrected chi connectivity index (χ2v) is 7.37. The standard InChI is InChI=1S/C13H8Br4FN/c14-8-1-2-12(18)7(3-8)6-19-13-10(16)4-9(15)5-11(13)17/h1-5,19H,6H2. The smallest absolute Gasteiger partial charge is 0.128 e. The summed E-state index contributed by atoms with van der Waals surface area (Å²) in [6.45, 7) is 0.407. The monoisotopic (exact) mass is 513 g/mol. The second kappa shape index (κ2) is 6.70. The lowest BCUT2D eigenvalue weighted by atomic mass is 10.2. The highest BCUT2D eigenvalue weighted by molar-refractivity contribution is 9.11. The van der Waals surface area contributed by atoms with E-state index in [2.05, 4.69) is 69.0 Å². The van der Waals surface area contributed by atoms with Crippen molar-refractivity contribution in [2.75, 3.05) is 5.32 Å². The Labute approximate surface area is 144 Å². The van der Waals surface area contributed by atoms with E-state index in [-0.39, 0.29) is 5.82 Å². The minimum Gasteiger partial charge on any atom is -0.379 e. The third kappa shape index (κ3) is 4.03. The van der Waals surface area contributed by atoms with Crippen LogP contribution in [0.4, 0.5) is 10.1 Å². The molecule has 0 aromatic heterocycles. The number of halogens is 5. The molecule has 2 aromatic carbocycles. The molecule has 19 heavy (non-hydrogen) atoms. The van der Waals surface area contributed by atoms with E-state index < -0.39 is 0 Å². The fourth-order valence-corrected chi connectivity index (χ4v) is 4.52. The van der Waals surface area contributed by atoms with E-state index >= 15 is 0 Å². The van der Waals surface area contributed by atoms with Gasteiger partial charge in [0.25, 0.3) is 0 Å². The number of anilines is 1. The van der Waals surface area contributed by atoms with Crippen molar-refractivity contribution >= 4 is 69.4 Å². The molecule has 2 rings (SSSR count). The first kappa shape index (κ1) is 15.5. The van der Waals surface area contributed by atoms with Gasteiger partial charge in [-0.2, -0.15) is 0 Å². The van der Waals surface area contributed by atoms with E-state index in [4.69, 9.17) is 0 Å². The molecule has 0 atom stereocenters. The van der Waals surface area contributed by atoms with E-state index in [1.54, 1.807) is 12.1 Å². The van der Waals surface area contributed by atoms with E-state index in [0.29, 0.717) is 12.1 Å². The zero-order valence-electron chi connectivity index (χ0n) is 9.48. The van der Waals surface area contributed by atoms with Crippen LogP contribution < -0.4 is 5.32 Å². The lowest BCUT2D eigenvalue weighted by Crippen LogP contribution is -2.03. The Morgan fingerprint density at radius 3 is 2.16 bits per heavy atom. The van der Waals surface area contributed by atoms with Crippen molar-refractivity contribution in [3.05, 3.63) is 59.6 Å². The summed E-state index contributed by atoms with van der Waals surface area (Å²) in [6, 6.07) is 8.77. The highest BCUT2D eigenvalue weighted by atomic mass is 79.9. The van der Waals surface area contributed by atoms with Crippen molar-refractivity contribution in [1.82, 2.24) is 0 Å². The van der Waals surface area contributed by atoms with E-state index in [9.17, 15) is 4.39 Å². The lowest BCUT2D eigenvalue weighted by Gasteiger charge is -2.12. The zero-order chi connectivity index (χ0) is 14.0. The second-order valence-electron chi connectivity index (χ2n) is 3.83. The third-order valence-corrected chi connectivity index (χ3v) is 4.67. The maximum Gasteiger partial charge on any atom is 0.128 e. The van der Waals surface area contributed by atoms with Gasteiger partial charge in [-0.15, -0.1) is 0 Å². The van der Waals surface area contributed by atoms with Crippen LogP contribution in [0.15, 0.2) is 48.2 Å². The highest BCUT2D eigenvalue weighted by Gasteiger charge is 2.08. The topological polar surface area (TPSA) is 12.0 Å². The molecule has 0 bridgehead atoms. The van der Waals surface area contributed by atoms with E-state index in [0.717, 1.165) is 23.6 Å². The molecule has 0 spiro atoms. The van der Waals surface area contributed by atoms with Gasteiger partial charge < -0.3 is 5.32 Å². The summed E-state index contributed by atoms with van der Waals surface area (Å²) < 4.78 is 17.3. The molecule has 1 N–H and O–H groups in total. The van der Waals surface area contributed by atoms with Gasteiger partial charge in [-0.1, -0.05) is 31.9 Å². The summed E-state index contributed by atoms with van der Waals surface area (Å²) >= 11 is 13.7. The van der Waals surface area contributed by atoms with Crippen LogP contribution in [0, 0.1) is 5.82 Å². The largest absolute Gasteiger partial charge is 0.379 e. The minimum atomic E-state index is -0.222. The molecule has 0 radical (unpaired) electrons. The fraction of sp³-hybridized carbons (Fsp3) is 0.0769. The summed E-state index contributed by atoms with van der Waals surface area (Å²) in [5, 5.41) is 3.22. The molecule has 0 saturated carbocycles. The first-order chi connectivity index (χ1) is 8.97. The van der Waals surface area contributed by atoms with Crippen molar-refractivity contribution in [2.45, 2.75) is 6.54 Å². The molecule has 0 saturated heterocycles. The van der Waals surface area contributed by atoms with Gasteiger partial charge in [0.1, 0.15) is 5.82 Å². The maximum absolute atomic E-state index is 13.6. The molecule has 2 aromatic rings. The first-order valence-corrected chi connectivity index (χ1v) is 8.47. The van der Waals surface area contributed by atoms with Crippen molar-refractivity contribution in [3.63, 3.8) is 0 Å². The Morgan fingerprint density at radius 1 is 0.895 bits per heavy atom. The molecule has 0 fully saturated rings. The Kier molecular flexibility index (Phi) is 5.45. The lowest BCUT2D eigenvalue weighted by molar-refractivity contribution is 0.612. The van der Waals surface area contributed by atoms with Crippen molar-refractivity contribution in [3.8, 4) is 0 Å². The van der Waals surface area contributed by atoms with Gasteiger partial charge in [0.15, 0.2) is 0 Å². The van der Waals surface area contributed by atoms with E-state index in [1.165, 1.54) is 6.07 Å². The summed E-state index contributed by atoms with van der Waals surface area (Å²) in [6.07, 6.45) is 0. The Bertz CT molecular complexity index is 593. The summed E-state index contributed by atoms with van der Waals surface area (Å²) in [7, 11) is 0. The van der Waals surface area contributed by atoms with Crippen molar-refractivity contribution in [1.29, 1.82) is 0 Å². The van der Waals surface area contributed by atoms with Crippen LogP contribution in [0.25, 0.3) is 0 Å². The van der Waals surface area contributed by atoms with Gasteiger partial charge in [0.05, 0.1) is 5.69 Å². The number of rotatable bonds is 3. The molecule has 100 valence electrons. The van der Waals surface area contributed by atoms with E-state index in [1.807, 2.05) is 12.1 Å². The number of nitrogens with one attached hydrogen (secondary N) is 1. The highest BCUT2D eigenvalue weighted by Crippen LogP contribution is 2.34. The Balaban J connectivity index is 2.21. The molecule has 0 aliphatic carbocycles. The Hall–Kier alpha value is 0.0900. The number of benzene rings is 2. The number of hydrogen-bond acceptors (Lipinski definition) is 1. The van der Waals surface area contributed by atoms with Gasteiger partial charge in [0, 0.05) is 30.0 Å². The van der Waals surface area contributed by atoms with Crippen molar-refractivity contribution < 1.29 is 4.39 Å². The number of hydrogen-bond donors (Lipinski definition) is 1. The molecule has 1 nitrogen and oxygen atoms in total. The predicted octanol–water partition coefficient (Wildman–Crippen LogP) is 6.49. The Morgan fingerprint density at radius 2 is 1.53 bits per heavy atom. The predicted molar refractivity (Wildman–Crippen MR) is 91.0 cm³/mol. The summed E-state index contributed by atoms with van der Waals surface area (Å²) in [4.78, 5) is 0. The average Bonchev–Trinajstić information content (AvgIpc) is 2.32. The van der Waals surface area contributed by atoms with Crippen molar-refractivity contribution in [2.24, 2.45) is 0 Å². The molecule has 0 heterocycles. The molecule has 0 unspecified atom stereocenters. The van der Waals surface area contributed by atoms with Crippen LogP contribution in [0.5, 0.6) is 0 Å². The average molecular weight is 517 g/mol. The molecule has 0 aliphatic heterocycles. The van der Waals surface area contributed by atoms with Gasteiger partial charge in [0.2, 0.25) is 0 Å². The van der Waals surface area contributed by atoms with Crippen LogP contribution >= 0.6 is 63.7 Å². The maximum atomic E-state index is 13.6. The molecule has 0 aliphatic rings. The molecular formula is C13H8Br4FN. The van der Waals surface area contributed by atoms with Crippen LogP contribution in [-0.2, 0) is 6.54 Å². The normalized spacial score (nSPS) is 10.6. The SMILES string of the molecule is Fc1ccc(Br)cc1CNc1c(Br)cc(Br)cc1Br. The quantitative estimate of drug-likeness (QED) is 0.492. The fourth-order valence-electron chi connectivity index (χ4n) is 1.57. The van der Waals surface area contributed by atoms with Gasteiger partial charge in [-0.25, -0.2) is 4.39 Å². The first-order valence-electron chi connectivity index (χ1n) is 5.29. The summed E-state index contributed by atoms with van der Waals surface area (Å²) in [5.41, 5.74) is 1.50. The van der Waals surface area contributed by atoms with Gasteiger partial charge in [-0.3, -0.25) is 0 Å². The van der Waals surface area contributed by atoms with Crippen LogP contribution in [0.3, 0.4) is 0 Å². The summed E-state index contributed by atoms with van der Waals surface area (Å²) in [5.74, 6) is -0.222. The van der Waals surface area contributed by atoms with Crippen LogP contribution in [-0.4, -0.2) is 0 Å². The zero-order valence-corrected chi connectivity index (χ0v) is 15.8. The third-order valence-electron chi connectivity index (χ3n) is 2.47. The molecule has 6 heteroatoms. The van der Waals surface area contributed by atoms with Crippen LogP contribution in [0.2, 0.25) is 0 Å². The van der Waals surface area contributed by atoms with Crippen LogP contribution in [0.1, 0.15) is 5.56 Å².